The molecule has 0 bridgehead atoms. The molecule has 0 aliphatic carbocycles. The maximum atomic E-state index is 5.09. The van der Waals surface area contributed by atoms with Crippen molar-refractivity contribution in [3.8, 4) is 0 Å². The number of aromatic nitrogens is 3. The molecule has 5 nitrogen and oxygen atoms in total. The zero-order chi connectivity index (χ0) is 32.0. The van der Waals surface area contributed by atoms with Crippen LogP contribution in [0.3, 0.4) is 0 Å². The first-order valence-corrected chi connectivity index (χ1v) is 15.3. The lowest BCUT2D eigenvalue weighted by Crippen LogP contribution is -1.88. The zero-order valence-corrected chi connectivity index (χ0v) is 27.9. The lowest BCUT2D eigenvalue weighted by molar-refractivity contribution is 0.487. The molecule has 0 unspecified atom stereocenters. The molecular weight excluding hydrogens is 530 g/mol. The molecule has 0 fully saturated rings. The molecule has 0 spiro atoms. The predicted molar refractivity (Wildman–Crippen MR) is 181 cm³/mol. The van der Waals surface area contributed by atoms with Crippen molar-refractivity contribution in [1.29, 1.82) is 0 Å². The third-order valence-electron chi connectivity index (χ3n) is 6.33. The number of furan rings is 2. The Morgan fingerprint density at radius 1 is 0.488 bits per heavy atom. The van der Waals surface area contributed by atoms with Gasteiger partial charge < -0.3 is 8.83 Å². The smallest absolute Gasteiger partial charge is 0.106 e. The highest BCUT2D eigenvalue weighted by molar-refractivity contribution is 5.14. The summed E-state index contributed by atoms with van der Waals surface area (Å²) in [5, 5.41) is 0. The van der Waals surface area contributed by atoms with Gasteiger partial charge in [-0.25, -0.2) is 0 Å². The van der Waals surface area contributed by atoms with Gasteiger partial charge in [0.05, 0.1) is 18.8 Å². The van der Waals surface area contributed by atoms with Crippen LogP contribution >= 0.6 is 0 Å². The second-order valence-electron chi connectivity index (χ2n) is 11.7. The van der Waals surface area contributed by atoms with E-state index < -0.39 is 0 Å². The number of hydrogen-bond acceptors (Lipinski definition) is 5. The van der Waals surface area contributed by atoms with E-state index in [-0.39, 0.29) is 0 Å². The third-order valence-corrected chi connectivity index (χ3v) is 6.33. The topological polar surface area (TPSA) is 65.0 Å². The fourth-order valence-electron chi connectivity index (χ4n) is 3.41. The van der Waals surface area contributed by atoms with E-state index in [1.165, 1.54) is 16.7 Å². The Hall–Kier alpha value is -3.99. The molecule has 5 heterocycles. The normalized spacial score (nSPS) is 10.2. The van der Waals surface area contributed by atoms with E-state index in [1.54, 1.807) is 25.0 Å². The van der Waals surface area contributed by atoms with Gasteiger partial charge in [-0.15, -0.1) is 0 Å². The van der Waals surface area contributed by atoms with Gasteiger partial charge in [-0.2, -0.15) is 0 Å². The first-order chi connectivity index (χ1) is 20.5. The molecular formula is C38H53N3O2. The molecule has 0 amide bonds. The summed E-state index contributed by atoms with van der Waals surface area (Å²) >= 11 is 0. The fourth-order valence-corrected chi connectivity index (χ4v) is 3.41. The van der Waals surface area contributed by atoms with E-state index in [9.17, 15) is 0 Å². The standard InChI is InChI=1S/3C8H11N.2C7H10O/c1-7(2)8-3-5-9-6-4-8;1-7(2)8-4-3-5-9-6-8;1-7(2)8-5-3-4-6-9-8;1-6(2)7-3-4-8-5-7;1-6(2)7-4-3-5-8-7/h3*3-7H,1-2H3;2*3-6H,1-2H3. The lowest BCUT2D eigenvalue weighted by Gasteiger charge is -2.01. The summed E-state index contributed by atoms with van der Waals surface area (Å²) in [6, 6.07) is 20.0. The van der Waals surface area contributed by atoms with Crippen LogP contribution in [0.2, 0.25) is 0 Å². The Morgan fingerprint density at radius 2 is 1.16 bits per heavy atom. The van der Waals surface area contributed by atoms with Gasteiger partial charge in [0.2, 0.25) is 0 Å². The van der Waals surface area contributed by atoms with Gasteiger partial charge >= 0.3 is 0 Å². The van der Waals surface area contributed by atoms with E-state index in [0.717, 1.165) is 11.5 Å². The molecule has 232 valence electrons. The van der Waals surface area contributed by atoms with Crippen molar-refractivity contribution in [3.05, 3.63) is 139 Å². The second-order valence-corrected chi connectivity index (χ2v) is 11.7. The highest BCUT2D eigenvalue weighted by atomic mass is 16.3. The summed E-state index contributed by atoms with van der Waals surface area (Å²) in [7, 11) is 0. The minimum absolute atomic E-state index is 0.519. The molecule has 0 aliphatic heterocycles. The highest BCUT2D eigenvalue weighted by Gasteiger charge is 1.99. The van der Waals surface area contributed by atoms with Crippen molar-refractivity contribution in [2.45, 2.75) is 98.8 Å². The average Bonchev–Trinajstić information content (AvgIpc) is 3.76. The quantitative estimate of drug-likeness (QED) is 0.206. The monoisotopic (exact) mass is 583 g/mol. The zero-order valence-electron chi connectivity index (χ0n) is 27.9. The van der Waals surface area contributed by atoms with Crippen molar-refractivity contribution in [3.63, 3.8) is 0 Å². The SMILES string of the molecule is CC(C)c1ccccn1.CC(C)c1cccnc1.CC(C)c1ccco1.CC(C)c1ccncc1.CC(C)c1ccoc1. The number of pyridine rings is 3. The van der Waals surface area contributed by atoms with E-state index in [1.807, 2.05) is 79.4 Å². The van der Waals surface area contributed by atoms with Crippen LogP contribution in [0.4, 0.5) is 0 Å². The van der Waals surface area contributed by atoms with Gasteiger partial charge in [-0.05, 0) is 88.9 Å². The predicted octanol–water partition coefficient (Wildman–Crippen LogP) is 11.4. The van der Waals surface area contributed by atoms with Gasteiger partial charge in [0, 0.05) is 42.6 Å². The van der Waals surface area contributed by atoms with Crippen molar-refractivity contribution in [1.82, 2.24) is 15.0 Å². The van der Waals surface area contributed by atoms with Crippen LogP contribution < -0.4 is 0 Å². The summed E-state index contributed by atoms with van der Waals surface area (Å²) in [6.07, 6.45) is 14.4. The molecule has 0 aromatic carbocycles. The Labute approximate surface area is 260 Å². The summed E-state index contributed by atoms with van der Waals surface area (Å²) < 4.78 is 9.97. The van der Waals surface area contributed by atoms with Gasteiger partial charge in [-0.1, -0.05) is 81.4 Å². The van der Waals surface area contributed by atoms with Crippen molar-refractivity contribution in [2.75, 3.05) is 0 Å². The van der Waals surface area contributed by atoms with Crippen molar-refractivity contribution >= 4 is 0 Å². The number of nitrogens with zero attached hydrogens (tertiary/aromatic N) is 3. The van der Waals surface area contributed by atoms with Crippen LogP contribution in [0.5, 0.6) is 0 Å². The summed E-state index contributed by atoms with van der Waals surface area (Å²) in [6.45, 7) is 21.5. The van der Waals surface area contributed by atoms with Crippen LogP contribution in [0, 0.1) is 0 Å². The Kier molecular flexibility index (Phi) is 18.7. The van der Waals surface area contributed by atoms with Crippen LogP contribution in [-0.4, -0.2) is 15.0 Å². The van der Waals surface area contributed by atoms with Crippen molar-refractivity contribution in [2.24, 2.45) is 0 Å². The number of hydrogen-bond donors (Lipinski definition) is 0. The average molecular weight is 584 g/mol. The van der Waals surface area contributed by atoms with E-state index in [2.05, 4.69) is 90.3 Å². The highest BCUT2D eigenvalue weighted by Crippen LogP contribution is 2.14. The molecule has 5 rings (SSSR count). The second kappa shape index (κ2) is 21.7. The van der Waals surface area contributed by atoms with Crippen LogP contribution in [0.1, 0.15) is 127 Å². The molecule has 5 aromatic rings. The van der Waals surface area contributed by atoms with Crippen molar-refractivity contribution < 1.29 is 8.83 Å². The molecule has 43 heavy (non-hydrogen) atoms. The van der Waals surface area contributed by atoms with E-state index in [4.69, 9.17) is 8.83 Å². The van der Waals surface area contributed by atoms with Crippen LogP contribution in [-0.2, 0) is 0 Å². The minimum atomic E-state index is 0.519. The molecule has 0 saturated heterocycles. The van der Waals surface area contributed by atoms with Crippen LogP contribution in [0.25, 0.3) is 0 Å². The molecule has 5 aromatic heterocycles. The van der Waals surface area contributed by atoms with Gasteiger partial charge in [-0.3, -0.25) is 15.0 Å². The van der Waals surface area contributed by atoms with E-state index >= 15 is 0 Å². The summed E-state index contributed by atoms with van der Waals surface area (Å²) in [5.41, 5.74) is 5.09. The van der Waals surface area contributed by atoms with Gasteiger partial charge in [0.1, 0.15) is 5.76 Å². The van der Waals surface area contributed by atoms with Gasteiger partial charge in [0.15, 0.2) is 0 Å². The Bertz CT molecular complexity index is 1120. The first-order valence-electron chi connectivity index (χ1n) is 15.3. The fraction of sp³-hybridized carbons (Fsp3) is 0.395. The maximum Gasteiger partial charge on any atom is 0.106 e. The maximum absolute atomic E-state index is 5.09. The summed E-state index contributed by atoms with van der Waals surface area (Å²) in [4.78, 5) is 12.1. The van der Waals surface area contributed by atoms with Gasteiger partial charge in [0.25, 0.3) is 0 Å². The molecule has 0 saturated carbocycles. The third kappa shape index (κ3) is 16.9. The minimum Gasteiger partial charge on any atom is -0.472 e. The molecule has 5 heteroatoms. The molecule has 0 aliphatic rings. The Morgan fingerprint density at radius 3 is 1.47 bits per heavy atom. The molecule has 0 radical (unpaired) electrons. The Balaban J connectivity index is 0.000000269. The number of rotatable bonds is 5. The molecule has 0 atom stereocenters. The molecule has 0 N–H and O–H groups in total. The van der Waals surface area contributed by atoms with Crippen LogP contribution in [0.15, 0.2) is 119 Å². The largest absolute Gasteiger partial charge is 0.472 e. The first kappa shape index (κ1) is 37.0. The summed E-state index contributed by atoms with van der Waals surface area (Å²) in [5.74, 6) is 3.93. The van der Waals surface area contributed by atoms with E-state index in [0.29, 0.717) is 29.6 Å². The lowest BCUT2D eigenvalue weighted by atomic mass is 10.1.